The minimum atomic E-state index is -1.19. The zero-order chi connectivity index (χ0) is 32.8. The first kappa shape index (κ1) is 33.2. The van der Waals surface area contributed by atoms with Crippen molar-refractivity contribution in [1.29, 1.82) is 0 Å². The lowest BCUT2D eigenvalue weighted by Crippen LogP contribution is -2.36. The number of rotatable bonds is 13. The molecule has 1 unspecified atom stereocenters. The van der Waals surface area contributed by atoms with E-state index in [0.29, 0.717) is 17.2 Å². The number of halogens is 2. The second-order valence-electron chi connectivity index (χ2n) is 10.6. The van der Waals surface area contributed by atoms with Gasteiger partial charge >= 0.3 is 5.97 Å². The Hall–Kier alpha value is -4.16. The van der Waals surface area contributed by atoms with Gasteiger partial charge in [-0.15, -0.1) is 11.3 Å². The van der Waals surface area contributed by atoms with Gasteiger partial charge in [0.05, 0.1) is 24.0 Å². The van der Waals surface area contributed by atoms with E-state index in [4.69, 9.17) is 15.2 Å². The van der Waals surface area contributed by atoms with Crippen molar-refractivity contribution >= 4 is 28.9 Å². The van der Waals surface area contributed by atoms with Gasteiger partial charge in [0.15, 0.2) is 18.8 Å². The van der Waals surface area contributed by atoms with Crippen LogP contribution in [-0.4, -0.2) is 78.7 Å². The number of methoxy groups -OCH3 is 1. The minimum absolute atomic E-state index is 0.00000559. The number of hydrogen-bond acceptors (Lipinski definition) is 12. The summed E-state index contributed by atoms with van der Waals surface area (Å²) in [6.07, 6.45) is 6.70. The Morgan fingerprint density at radius 1 is 1.17 bits per heavy atom. The Labute approximate surface area is 266 Å². The van der Waals surface area contributed by atoms with Crippen molar-refractivity contribution in [3.63, 3.8) is 0 Å². The average Bonchev–Trinajstić information content (AvgIpc) is 3.82. The van der Waals surface area contributed by atoms with Crippen molar-refractivity contribution in [2.24, 2.45) is 5.73 Å². The first-order valence-electron chi connectivity index (χ1n) is 14.6. The van der Waals surface area contributed by atoms with E-state index >= 15 is 0 Å². The molecular weight excluding hydrogens is 626 g/mol. The molecule has 4 aromatic heterocycles. The summed E-state index contributed by atoms with van der Waals surface area (Å²) in [4.78, 5) is 33.5. The predicted molar refractivity (Wildman–Crippen MR) is 161 cm³/mol. The summed E-state index contributed by atoms with van der Waals surface area (Å²) >= 11 is 1.18. The largest absolute Gasteiger partial charge is 0.441 e. The smallest absolute Gasteiger partial charge is 0.324 e. The quantitative estimate of drug-likeness (QED) is 0.108. The lowest BCUT2D eigenvalue weighted by molar-refractivity contribution is -0.153. The Kier molecular flexibility index (Phi) is 10.8. The normalized spacial score (nSPS) is 17.9. The van der Waals surface area contributed by atoms with Gasteiger partial charge in [0.25, 0.3) is 5.91 Å². The van der Waals surface area contributed by atoms with Crippen LogP contribution in [0.3, 0.4) is 0 Å². The molecule has 4 aromatic rings. The molecule has 1 fully saturated rings. The van der Waals surface area contributed by atoms with Crippen LogP contribution < -0.4 is 11.1 Å². The fourth-order valence-corrected chi connectivity index (χ4v) is 5.81. The van der Waals surface area contributed by atoms with Crippen molar-refractivity contribution in [3.05, 3.63) is 53.6 Å². The molecule has 0 aliphatic heterocycles. The summed E-state index contributed by atoms with van der Waals surface area (Å²) < 4.78 is 47.4. The summed E-state index contributed by atoms with van der Waals surface area (Å²) in [6, 6.07) is 0.770. The highest BCUT2D eigenvalue weighted by Gasteiger charge is 2.27. The number of hydrogen-bond donors (Lipinski definition) is 3. The van der Waals surface area contributed by atoms with E-state index in [1.54, 1.807) is 22.5 Å². The Balaban J connectivity index is 1.29. The van der Waals surface area contributed by atoms with Crippen LogP contribution >= 0.6 is 11.3 Å². The number of thiazole rings is 1. The molecule has 4 heterocycles. The molecule has 46 heavy (non-hydrogen) atoms. The van der Waals surface area contributed by atoms with Crippen LogP contribution in [0.1, 0.15) is 55.6 Å². The van der Waals surface area contributed by atoms with Crippen molar-refractivity contribution < 1.29 is 37.7 Å². The number of carbonyl (C=O) groups excluding carboxylic acids is 2. The topological polar surface area (TPSA) is 182 Å². The second-order valence-corrected chi connectivity index (χ2v) is 11.5. The number of aliphatic hydroxyl groups excluding tert-OH is 1. The summed E-state index contributed by atoms with van der Waals surface area (Å²) in [5, 5.41) is 22.9. The van der Waals surface area contributed by atoms with E-state index in [1.807, 2.05) is 6.92 Å². The first-order valence-corrected chi connectivity index (χ1v) is 15.5. The predicted octanol–water partition coefficient (Wildman–Crippen LogP) is 3.50. The zero-order valence-electron chi connectivity index (χ0n) is 25.1. The molecule has 0 radical (unpaired) electrons. The molecule has 1 aliphatic carbocycles. The maximum atomic E-state index is 14.8. The molecule has 17 heteroatoms. The number of aromatic nitrogens is 6. The van der Waals surface area contributed by atoms with Gasteiger partial charge in [-0.2, -0.15) is 14.6 Å². The third-order valence-corrected chi connectivity index (χ3v) is 8.31. The van der Waals surface area contributed by atoms with Crippen molar-refractivity contribution in [2.75, 3.05) is 19.0 Å². The van der Waals surface area contributed by atoms with E-state index in [0.717, 1.165) is 37.8 Å². The third-order valence-electron chi connectivity index (χ3n) is 7.42. The average molecular weight is 661 g/mol. The van der Waals surface area contributed by atoms with Crippen molar-refractivity contribution in [3.8, 4) is 22.0 Å². The van der Waals surface area contributed by atoms with Crippen LogP contribution in [-0.2, 0) is 25.7 Å². The van der Waals surface area contributed by atoms with Gasteiger partial charge in [0, 0.05) is 43.5 Å². The van der Waals surface area contributed by atoms with Crippen LogP contribution in [0.2, 0.25) is 0 Å². The van der Waals surface area contributed by atoms with Gasteiger partial charge in [-0.1, -0.05) is 0 Å². The summed E-state index contributed by atoms with van der Waals surface area (Å²) in [5.41, 5.74) is 6.19. The summed E-state index contributed by atoms with van der Waals surface area (Å²) in [7, 11) is 1.29. The standard InChI is InChI=1S/C29H34F2N8O6S/c1-3-44-18-6-4-17(5-7-18)39-13-21(26(37-39)25-19(30)8-9-23(31)36-25)34-27(41)22-14-46-28(35-22)16-11-33-38(12-16)15-45-29(42)20(32)10-24(40)43-2/h8-9,11-14,17-18,20,24,40H,3-7,10,15,32H2,1-2H3,(H,34,41)/t17?,18?,20-,24?/m0/s1. The fraction of sp³-hybridized carbons (Fsp3) is 0.448. The Bertz CT molecular complexity index is 1650. The molecule has 246 valence electrons. The Morgan fingerprint density at radius 2 is 1.96 bits per heavy atom. The van der Waals surface area contributed by atoms with E-state index < -0.39 is 36.0 Å². The molecule has 1 saturated carbocycles. The van der Waals surface area contributed by atoms with Gasteiger partial charge in [-0.05, 0) is 44.7 Å². The summed E-state index contributed by atoms with van der Waals surface area (Å²) in [6.45, 7) is 2.35. The zero-order valence-corrected chi connectivity index (χ0v) is 26.0. The van der Waals surface area contributed by atoms with Crippen LogP contribution in [0.5, 0.6) is 0 Å². The third kappa shape index (κ3) is 7.97. The van der Waals surface area contributed by atoms with E-state index in [2.05, 4.69) is 30.2 Å². The molecule has 5 rings (SSSR count). The molecule has 14 nitrogen and oxygen atoms in total. The number of nitrogens with two attached hydrogens (primary N) is 1. The lowest BCUT2D eigenvalue weighted by atomic mass is 9.93. The summed E-state index contributed by atoms with van der Waals surface area (Å²) in [5.74, 6) is -2.99. The van der Waals surface area contributed by atoms with Gasteiger partial charge in [-0.25, -0.2) is 19.0 Å². The number of aliphatic hydroxyl groups is 1. The molecule has 0 aromatic carbocycles. The fourth-order valence-electron chi connectivity index (χ4n) is 5.03. The molecule has 0 saturated heterocycles. The van der Waals surface area contributed by atoms with E-state index in [-0.39, 0.29) is 48.1 Å². The number of anilines is 1. The second kappa shape index (κ2) is 15.0. The van der Waals surface area contributed by atoms with E-state index in [9.17, 15) is 23.5 Å². The maximum absolute atomic E-state index is 14.8. The number of nitrogens with zero attached hydrogens (tertiary/aromatic N) is 6. The highest BCUT2D eigenvalue weighted by molar-refractivity contribution is 7.13. The highest BCUT2D eigenvalue weighted by atomic mass is 32.1. The van der Waals surface area contributed by atoms with Crippen molar-refractivity contribution in [1.82, 2.24) is 29.5 Å². The molecule has 0 bridgehead atoms. The van der Waals surface area contributed by atoms with Gasteiger partial charge in [-0.3, -0.25) is 14.3 Å². The number of pyridine rings is 1. The lowest BCUT2D eigenvalue weighted by Gasteiger charge is -2.28. The van der Waals surface area contributed by atoms with Crippen LogP contribution in [0.4, 0.5) is 14.5 Å². The van der Waals surface area contributed by atoms with Crippen LogP contribution in [0.25, 0.3) is 22.0 Å². The number of amides is 1. The van der Waals surface area contributed by atoms with Gasteiger partial charge < -0.3 is 30.4 Å². The molecule has 0 spiro atoms. The minimum Gasteiger partial charge on any atom is -0.441 e. The number of esters is 1. The van der Waals surface area contributed by atoms with Crippen LogP contribution in [0.15, 0.2) is 36.1 Å². The molecular formula is C29H34F2N8O6S. The monoisotopic (exact) mass is 660 g/mol. The highest BCUT2D eigenvalue weighted by Crippen LogP contribution is 2.34. The number of nitrogens with one attached hydrogen (secondary N) is 1. The number of carbonyl (C=O) groups is 2. The molecule has 1 amide bonds. The number of ether oxygens (including phenoxy) is 3. The van der Waals surface area contributed by atoms with Gasteiger partial charge in [0.2, 0.25) is 5.95 Å². The van der Waals surface area contributed by atoms with Crippen LogP contribution in [0, 0.1) is 11.8 Å². The van der Waals surface area contributed by atoms with Gasteiger partial charge in [0.1, 0.15) is 28.1 Å². The molecule has 1 aliphatic rings. The van der Waals surface area contributed by atoms with E-state index in [1.165, 1.54) is 29.3 Å². The SMILES string of the molecule is CCOC1CCC(n2cc(NC(=O)c3csc(-c4cnn(COC(=O)[C@@H](N)CC(O)OC)c4)n3)c(-c3nc(F)ccc3F)n2)CC1. The van der Waals surface area contributed by atoms with Crippen molar-refractivity contribution in [2.45, 2.75) is 70.2 Å². The Morgan fingerprint density at radius 3 is 2.70 bits per heavy atom. The first-order chi connectivity index (χ1) is 22.1. The molecule has 2 atom stereocenters. The molecule has 4 N–H and O–H groups in total. The maximum Gasteiger partial charge on any atom is 0.324 e.